The molecule has 0 aliphatic rings. The Balaban J connectivity index is 4.57. The van der Waals surface area contributed by atoms with Crippen molar-refractivity contribution in [2.75, 3.05) is 7.05 Å². The van der Waals surface area contributed by atoms with Gasteiger partial charge in [-0.3, -0.25) is 9.59 Å². The molecule has 0 saturated carbocycles. The van der Waals surface area contributed by atoms with Crippen molar-refractivity contribution < 1.29 is 9.59 Å². The smallest absolute Gasteiger partial charge is 0.242 e. The number of carbonyl (C=O) groups is 2. The van der Waals surface area contributed by atoms with Crippen molar-refractivity contribution in [2.45, 2.75) is 52.6 Å². The molecule has 3 atom stereocenters. The molecule has 0 saturated heterocycles. The number of likely N-dealkylation sites (N-methyl/N-ethyl adjacent to an activating group) is 1. The van der Waals surface area contributed by atoms with Crippen LogP contribution in [0.2, 0.25) is 0 Å². The Bertz CT molecular complexity index is 279. The summed E-state index contributed by atoms with van der Waals surface area (Å²) in [6, 6.07) is -1.06. The van der Waals surface area contributed by atoms with E-state index in [9.17, 15) is 9.59 Å². The average molecular weight is 257 g/mol. The van der Waals surface area contributed by atoms with Gasteiger partial charge in [0.15, 0.2) is 0 Å². The van der Waals surface area contributed by atoms with Gasteiger partial charge in [-0.05, 0) is 18.3 Å². The van der Waals surface area contributed by atoms with Gasteiger partial charge in [0.25, 0.3) is 0 Å². The van der Waals surface area contributed by atoms with Crippen LogP contribution in [0.5, 0.6) is 0 Å². The minimum atomic E-state index is -0.561. The Labute approximate surface area is 110 Å². The van der Waals surface area contributed by atoms with Crippen molar-refractivity contribution in [3.63, 3.8) is 0 Å². The first-order valence-electron chi connectivity index (χ1n) is 6.60. The molecule has 4 N–H and O–H groups in total. The molecule has 5 heteroatoms. The van der Waals surface area contributed by atoms with Crippen molar-refractivity contribution in [1.82, 2.24) is 10.6 Å². The molecule has 0 aliphatic carbocycles. The zero-order valence-electron chi connectivity index (χ0n) is 12.1. The number of amides is 2. The second kappa shape index (κ2) is 8.08. The van der Waals surface area contributed by atoms with E-state index >= 15 is 0 Å². The van der Waals surface area contributed by atoms with Gasteiger partial charge in [0.1, 0.15) is 6.04 Å². The third-order valence-corrected chi connectivity index (χ3v) is 3.15. The second-order valence-electron chi connectivity index (χ2n) is 5.22. The van der Waals surface area contributed by atoms with Gasteiger partial charge in [0.05, 0.1) is 6.04 Å². The van der Waals surface area contributed by atoms with E-state index in [0.29, 0.717) is 12.3 Å². The van der Waals surface area contributed by atoms with E-state index in [0.717, 1.165) is 6.42 Å². The van der Waals surface area contributed by atoms with Crippen LogP contribution in [-0.4, -0.2) is 30.9 Å². The zero-order valence-corrected chi connectivity index (χ0v) is 12.1. The van der Waals surface area contributed by atoms with Gasteiger partial charge >= 0.3 is 0 Å². The number of rotatable bonds is 7. The number of nitrogens with one attached hydrogen (secondary N) is 2. The van der Waals surface area contributed by atoms with Gasteiger partial charge in [-0.25, -0.2) is 0 Å². The van der Waals surface area contributed by atoms with E-state index in [1.54, 1.807) is 7.05 Å². The number of hydrogen-bond donors (Lipinski definition) is 3. The SMILES string of the molecule is CCC(C)[C@H](N)C(=O)NC(CC(C)C)C(=O)NC. The lowest BCUT2D eigenvalue weighted by Crippen LogP contribution is -2.53. The maximum absolute atomic E-state index is 11.9. The summed E-state index contributed by atoms with van der Waals surface area (Å²) in [6.45, 7) is 7.94. The summed E-state index contributed by atoms with van der Waals surface area (Å²) < 4.78 is 0. The summed E-state index contributed by atoms with van der Waals surface area (Å²) in [6.07, 6.45) is 1.45. The van der Waals surface area contributed by atoms with Crippen molar-refractivity contribution in [3.8, 4) is 0 Å². The van der Waals surface area contributed by atoms with Crippen molar-refractivity contribution in [2.24, 2.45) is 17.6 Å². The molecule has 18 heavy (non-hydrogen) atoms. The van der Waals surface area contributed by atoms with E-state index in [-0.39, 0.29) is 17.7 Å². The molecule has 0 fully saturated rings. The predicted octanol–water partition coefficient (Wildman–Crippen LogP) is 0.637. The highest BCUT2D eigenvalue weighted by molar-refractivity contribution is 5.89. The summed E-state index contributed by atoms with van der Waals surface area (Å²) in [4.78, 5) is 23.6. The van der Waals surface area contributed by atoms with Gasteiger partial charge in [0, 0.05) is 7.05 Å². The summed E-state index contributed by atoms with van der Waals surface area (Å²) in [7, 11) is 1.57. The first-order chi connectivity index (χ1) is 8.33. The lowest BCUT2D eigenvalue weighted by molar-refractivity contribution is -0.130. The highest BCUT2D eigenvalue weighted by atomic mass is 16.2. The summed E-state index contributed by atoms with van der Waals surface area (Å²) in [5, 5.41) is 5.30. The summed E-state index contributed by atoms with van der Waals surface area (Å²) in [5.74, 6) is 0.00816. The highest BCUT2D eigenvalue weighted by Crippen LogP contribution is 2.08. The molecule has 0 aromatic rings. The summed E-state index contributed by atoms with van der Waals surface area (Å²) >= 11 is 0. The van der Waals surface area contributed by atoms with Gasteiger partial charge in [-0.15, -0.1) is 0 Å². The number of nitrogens with two attached hydrogens (primary N) is 1. The van der Waals surface area contributed by atoms with E-state index < -0.39 is 12.1 Å². The zero-order chi connectivity index (χ0) is 14.3. The van der Waals surface area contributed by atoms with Crippen LogP contribution in [0.15, 0.2) is 0 Å². The third-order valence-electron chi connectivity index (χ3n) is 3.15. The Hall–Kier alpha value is -1.10. The molecule has 5 nitrogen and oxygen atoms in total. The predicted molar refractivity (Wildman–Crippen MR) is 72.9 cm³/mol. The van der Waals surface area contributed by atoms with E-state index in [1.165, 1.54) is 0 Å². The van der Waals surface area contributed by atoms with E-state index in [4.69, 9.17) is 5.73 Å². The number of carbonyl (C=O) groups excluding carboxylic acids is 2. The Morgan fingerprint density at radius 2 is 1.72 bits per heavy atom. The van der Waals surface area contributed by atoms with Crippen LogP contribution < -0.4 is 16.4 Å². The van der Waals surface area contributed by atoms with Gasteiger partial charge in [-0.1, -0.05) is 34.1 Å². The lowest BCUT2D eigenvalue weighted by Gasteiger charge is -2.23. The molecular weight excluding hydrogens is 230 g/mol. The Morgan fingerprint density at radius 3 is 2.11 bits per heavy atom. The van der Waals surface area contributed by atoms with Crippen LogP contribution in [0.25, 0.3) is 0 Å². The molecule has 2 unspecified atom stereocenters. The van der Waals surface area contributed by atoms with Crippen LogP contribution in [0.3, 0.4) is 0 Å². The standard InChI is InChI=1S/C13H27N3O2/c1-6-9(4)11(14)13(18)16-10(7-8(2)3)12(17)15-5/h8-11H,6-7,14H2,1-5H3,(H,15,17)(H,16,18)/t9?,10?,11-/m0/s1. The molecule has 0 aliphatic heterocycles. The molecule has 0 bridgehead atoms. The average Bonchev–Trinajstić information content (AvgIpc) is 2.34. The third kappa shape index (κ3) is 5.49. The topological polar surface area (TPSA) is 84.2 Å². The van der Waals surface area contributed by atoms with Crippen LogP contribution in [0.4, 0.5) is 0 Å². The maximum atomic E-state index is 11.9. The molecule has 0 radical (unpaired) electrons. The molecular formula is C13H27N3O2. The molecule has 0 heterocycles. The minimum absolute atomic E-state index is 0.106. The van der Waals surface area contributed by atoms with Crippen molar-refractivity contribution >= 4 is 11.8 Å². The largest absolute Gasteiger partial charge is 0.357 e. The molecule has 106 valence electrons. The molecule has 0 aromatic carbocycles. The minimum Gasteiger partial charge on any atom is -0.357 e. The van der Waals surface area contributed by atoms with Crippen LogP contribution in [0, 0.1) is 11.8 Å². The molecule has 0 spiro atoms. The van der Waals surface area contributed by atoms with Gasteiger partial charge in [0.2, 0.25) is 11.8 Å². The first kappa shape index (κ1) is 16.9. The van der Waals surface area contributed by atoms with Crippen molar-refractivity contribution in [3.05, 3.63) is 0 Å². The Kier molecular flexibility index (Phi) is 7.59. The summed E-state index contributed by atoms with van der Waals surface area (Å²) in [5.41, 5.74) is 5.85. The Morgan fingerprint density at radius 1 is 1.17 bits per heavy atom. The van der Waals surface area contributed by atoms with Gasteiger partial charge < -0.3 is 16.4 Å². The highest BCUT2D eigenvalue weighted by Gasteiger charge is 2.25. The normalized spacial score (nSPS) is 15.9. The van der Waals surface area contributed by atoms with Crippen LogP contribution >= 0.6 is 0 Å². The van der Waals surface area contributed by atoms with Crippen molar-refractivity contribution in [1.29, 1.82) is 0 Å². The fraction of sp³-hybridized carbons (Fsp3) is 0.846. The fourth-order valence-corrected chi connectivity index (χ4v) is 1.66. The second-order valence-corrected chi connectivity index (χ2v) is 5.22. The van der Waals surface area contributed by atoms with Crippen LogP contribution in [0.1, 0.15) is 40.5 Å². The van der Waals surface area contributed by atoms with E-state index in [2.05, 4.69) is 10.6 Å². The monoisotopic (exact) mass is 257 g/mol. The fourth-order valence-electron chi connectivity index (χ4n) is 1.66. The number of hydrogen-bond acceptors (Lipinski definition) is 3. The first-order valence-corrected chi connectivity index (χ1v) is 6.60. The molecule has 2 amide bonds. The lowest BCUT2D eigenvalue weighted by atomic mass is 9.98. The van der Waals surface area contributed by atoms with E-state index in [1.807, 2.05) is 27.7 Å². The van der Waals surface area contributed by atoms with Gasteiger partial charge in [-0.2, -0.15) is 0 Å². The molecule has 0 rings (SSSR count). The quantitative estimate of drug-likeness (QED) is 0.625. The maximum Gasteiger partial charge on any atom is 0.242 e. The van der Waals surface area contributed by atoms with Crippen LogP contribution in [-0.2, 0) is 9.59 Å². The molecule has 0 aromatic heterocycles.